The zero-order chi connectivity index (χ0) is 15.4. The van der Waals surface area contributed by atoms with Crippen molar-refractivity contribution in [3.63, 3.8) is 0 Å². The molecule has 0 fully saturated rings. The third-order valence-electron chi connectivity index (χ3n) is 3.00. The van der Waals surface area contributed by atoms with Gasteiger partial charge in [0.05, 0.1) is 18.3 Å². The van der Waals surface area contributed by atoms with Crippen molar-refractivity contribution in [2.75, 3.05) is 7.05 Å². The van der Waals surface area contributed by atoms with Gasteiger partial charge >= 0.3 is 0 Å². The summed E-state index contributed by atoms with van der Waals surface area (Å²) in [5, 5.41) is 3.13. The molecular weight excluding hydrogens is 335 g/mol. The number of hydrogen-bond donors (Lipinski definition) is 1. The minimum atomic E-state index is -0.286. The van der Waals surface area contributed by atoms with E-state index in [0.717, 1.165) is 10.0 Å². The van der Waals surface area contributed by atoms with E-state index in [1.54, 1.807) is 31.6 Å². The fraction of sp³-hybridized carbons (Fsp3) is 0.312. The monoisotopic (exact) mass is 352 g/mol. The lowest BCUT2D eigenvalue weighted by Crippen LogP contribution is -2.19. The Morgan fingerprint density at radius 2 is 2.00 bits per heavy atom. The number of halogens is 2. The first-order valence-corrected chi connectivity index (χ1v) is 7.54. The summed E-state index contributed by atoms with van der Waals surface area (Å²) in [6.07, 6.45) is 3.44. The molecule has 0 amide bonds. The molecular formula is C16H18BrFN2O. The van der Waals surface area contributed by atoms with Crippen LogP contribution in [0.3, 0.4) is 0 Å². The van der Waals surface area contributed by atoms with E-state index in [2.05, 4.69) is 26.2 Å². The van der Waals surface area contributed by atoms with Gasteiger partial charge in [0.2, 0.25) is 0 Å². The molecule has 1 aromatic heterocycles. The molecule has 5 heteroatoms. The van der Waals surface area contributed by atoms with Crippen LogP contribution in [0.1, 0.15) is 31.0 Å². The van der Waals surface area contributed by atoms with Gasteiger partial charge in [-0.25, -0.2) is 4.39 Å². The van der Waals surface area contributed by atoms with Crippen molar-refractivity contribution in [2.24, 2.45) is 0 Å². The van der Waals surface area contributed by atoms with E-state index in [-0.39, 0.29) is 18.0 Å². The highest BCUT2D eigenvalue weighted by molar-refractivity contribution is 9.10. The Kier molecular flexibility index (Phi) is 5.31. The van der Waals surface area contributed by atoms with Gasteiger partial charge in [0, 0.05) is 16.2 Å². The zero-order valence-corrected chi connectivity index (χ0v) is 13.8. The second-order valence-electron chi connectivity index (χ2n) is 5.01. The molecule has 0 aliphatic heterocycles. The van der Waals surface area contributed by atoms with Crippen LogP contribution in [-0.2, 0) is 0 Å². The van der Waals surface area contributed by atoms with Gasteiger partial charge in [-0.2, -0.15) is 0 Å². The summed E-state index contributed by atoms with van der Waals surface area (Å²) in [4.78, 5) is 4.18. The minimum Gasteiger partial charge on any atom is -0.489 e. The summed E-state index contributed by atoms with van der Waals surface area (Å²) in [6, 6.07) is 6.50. The van der Waals surface area contributed by atoms with Gasteiger partial charge in [0.25, 0.3) is 0 Å². The molecule has 112 valence electrons. The van der Waals surface area contributed by atoms with Crippen molar-refractivity contribution in [1.82, 2.24) is 10.3 Å². The summed E-state index contributed by atoms with van der Waals surface area (Å²) in [5.41, 5.74) is 1.42. The summed E-state index contributed by atoms with van der Waals surface area (Å²) in [6.45, 7) is 3.91. The largest absolute Gasteiger partial charge is 0.489 e. The van der Waals surface area contributed by atoms with Crippen molar-refractivity contribution in [1.29, 1.82) is 0 Å². The predicted octanol–water partition coefficient (Wildman–Crippen LogP) is 4.08. The maximum atomic E-state index is 14.1. The molecule has 21 heavy (non-hydrogen) atoms. The van der Waals surface area contributed by atoms with Crippen LogP contribution in [0.4, 0.5) is 4.39 Å². The topological polar surface area (TPSA) is 34.2 Å². The van der Waals surface area contributed by atoms with Crippen LogP contribution in [-0.4, -0.2) is 18.1 Å². The first kappa shape index (κ1) is 15.9. The predicted molar refractivity (Wildman–Crippen MR) is 85.0 cm³/mol. The second kappa shape index (κ2) is 7.00. The maximum Gasteiger partial charge on any atom is 0.138 e. The Morgan fingerprint density at radius 3 is 2.67 bits per heavy atom. The van der Waals surface area contributed by atoms with Crippen LogP contribution in [0.15, 0.2) is 41.1 Å². The minimum absolute atomic E-state index is 0.0673. The smallest absolute Gasteiger partial charge is 0.138 e. The van der Waals surface area contributed by atoms with Crippen molar-refractivity contribution in [3.8, 4) is 5.75 Å². The average Bonchev–Trinajstić information content (AvgIpc) is 2.43. The number of aromatic nitrogens is 1. The Morgan fingerprint density at radius 1 is 1.24 bits per heavy atom. The van der Waals surface area contributed by atoms with Gasteiger partial charge in [0.15, 0.2) is 0 Å². The molecule has 2 aromatic rings. The van der Waals surface area contributed by atoms with Gasteiger partial charge in [-0.3, -0.25) is 4.98 Å². The molecule has 0 saturated carbocycles. The standard InChI is InChI=1S/C16H18BrFN2O/c1-10(2)21-13-6-11(8-20-9-13)16(19-3)14-7-12(17)4-5-15(14)18/h4-10,16,19H,1-3H3. The first-order valence-electron chi connectivity index (χ1n) is 6.75. The van der Waals surface area contributed by atoms with E-state index in [1.807, 2.05) is 19.9 Å². The number of benzene rings is 1. The fourth-order valence-electron chi connectivity index (χ4n) is 2.17. The number of nitrogens with zero attached hydrogens (tertiary/aromatic N) is 1. The van der Waals surface area contributed by atoms with Crippen LogP contribution >= 0.6 is 15.9 Å². The highest BCUT2D eigenvalue weighted by Crippen LogP contribution is 2.28. The van der Waals surface area contributed by atoms with Gasteiger partial charge in [-0.05, 0) is 50.7 Å². The number of hydrogen-bond acceptors (Lipinski definition) is 3. The molecule has 0 aliphatic carbocycles. The normalized spacial score (nSPS) is 12.5. The second-order valence-corrected chi connectivity index (χ2v) is 5.92. The third-order valence-corrected chi connectivity index (χ3v) is 3.49. The quantitative estimate of drug-likeness (QED) is 0.880. The maximum absolute atomic E-state index is 14.1. The van der Waals surface area contributed by atoms with E-state index in [0.29, 0.717) is 11.3 Å². The Balaban J connectivity index is 2.39. The van der Waals surface area contributed by atoms with Crippen molar-refractivity contribution in [2.45, 2.75) is 26.0 Å². The first-order chi connectivity index (χ1) is 10.0. The lowest BCUT2D eigenvalue weighted by molar-refractivity contribution is 0.241. The number of pyridine rings is 1. The van der Waals surface area contributed by atoms with Crippen LogP contribution in [0.2, 0.25) is 0 Å². The van der Waals surface area contributed by atoms with E-state index in [4.69, 9.17) is 4.74 Å². The highest BCUT2D eigenvalue weighted by atomic mass is 79.9. The molecule has 1 unspecified atom stereocenters. The number of ether oxygens (including phenoxy) is 1. The third kappa shape index (κ3) is 4.02. The zero-order valence-electron chi connectivity index (χ0n) is 12.2. The van der Waals surface area contributed by atoms with E-state index in [9.17, 15) is 4.39 Å². The average molecular weight is 353 g/mol. The molecule has 2 rings (SSSR count). The molecule has 1 atom stereocenters. The Labute approximate surface area is 132 Å². The molecule has 0 bridgehead atoms. The summed E-state index contributed by atoms with van der Waals surface area (Å²) in [7, 11) is 1.79. The van der Waals surface area contributed by atoms with Gasteiger partial charge < -0.3 is 10.1 Å². The van der Waals surface area contributed by atoms with Crippen molar-refractivity contribution >= 4 is 15.9 Å². The van der Waals surface area contributed by atoms with Crippen LogP contribution in [0, 0.1) is 5.82 Å². The molecule has 0 spiro atoms. The molecule has 0 saturated heterocycles. The molecule has 1 aromatic carbocycles. The Hall–Kier alpha value is -1.46. The van der Waals surface area contributed by atoms with Crippen LogP contribution in [0.5, 0.6) is 5.75 Å². The molecule has 1 N–H and O–H groups in total. The van der Waals surface area contributed by atoms with Crippen LogP contribution in [0.25, 0.3) is 0 Å². The van der Waals surface area contributed by atoms with E-state index in [1.165, 1.54) is 6.07 Å². The van der Waals surface area contributed by atoms with E-state index < -0.39 is 0 Å². The highest BCUT2D eigenvalue weighted by Gasteiger charge is 2.17. The summed E-state index contributed by atoms with van der Waals surface area (Å²) < 4.78 is 20.6. The lowest BCUT2D eigenvalue weighted by Gasteiger charge is -2.19. The molecule has 1 heterocycles. The van der Waals surface area contributed by atoms with E-state index >= 15 is 0 Å². The van der Waals surface area contributed by atoms with Crippen LogP contribution < -0.4 is 10.1 Å². The molecule has 0 aliphatic rings. The van der Waals surface area contributed by atoms with Crippen molar-refractivity contribution < 1.29 is 9.13 Å². The van der Waals surface area contributed by atoms with Gasteiger partial charge in [-0.15, -0.1) is 0 Å². The Bertz CT molecular complexity index is 619. The summed E-state index contributed by atoms with van der Waals surface area (Å²) in [5.74, 6) is 0.422. The van der Waals surface area contributed by atoms with Gasteiger partial charge in [0.1, 0.15) is 11.6 Å². The molecule has 0 radical (unpaired) electrons. The number of rotatable bonds is 5. The lowest BCUT2D eigenvalue weighted by atomic mass is 10.00. The fourth-order valence-corrected chi connectivity index (χ4v) is 2.55. The number of nitrogens with one attached hydrogen (secondary N) is 1. The summed E-state index contributed by atoms with van der Waals surface area (Å²) >= 11 is 3.38. The SMILES string of the molecule is CNC(c1cncc(OC(C)C)c1)c1cc(Br)ccc1F. The van der Waals surface area contributed by atoms with Gasteiger partial charge in [-0.1, -0.05) is 15.9 Å². The molecule has 3 nitrogen and oxygen atoms in total. The van der Waals surface area contributed by atoms with Crippen molar-refractivity contribution in [3.05, 3.63) is 58.1 Å².